The van der Waals surface area contributed by atoms with E-state index in [2.05, 4.69) is 56.3 Å². The molecule has 0 unspecified atom stereocenters. The highest BCUT2D eigenvalue weighted by atomic mass is 15.3. The first kappa shape index (κ1) is 17.0. The Balaban J connectivity index is 1.51. The van der Waals surface area contributed by atoms with Crippen molar-refractivity contribution in [1.82, 2.24) is 9.80 Å². The summed E-state index contributed by atoms with van der Waals surface area (Å²) in [7, 11) is 3.90. The first-order valence-electron chi connectivity index (χ1n) is 8.92. The monoisotopic (exact) mass is 330 g/mol. The van der Waals surface area contributed by atoms with Crippen LogP contribution in [-0.2, 0) is 0 Å². The second-order valence-electron chi connectivity index (χ2n) is 6.84. The Bertz CT molecular complexity index is 539. The Morgan fingerprint density at radius 1 is 1.04 bits per heavy atom. The lowest BCUT2D eigenvalue weighted by Crippen LogP contribution is -2.52. The lowest BCUT2D eigenvalue weighted by atomic mass is 10.0. The van der Waals surface area contributed by atoms with Gasteiger partial charge >= 0.3 is 0 Å². The Morgan fingerprint density at radius 2 is 1.67 bits per heavy atom. The number of piperidine rings is 1. The number of rotatable bonds is 3. The first-order chi connectivity index (χ1) is 11.7. The fraction of sp³-hybridized carbons (Fsp3) is 0.611. The Kier molecular flexibility index (Phi) is 5.58. The molecule has 0 bridgehead atoms. The number of hydrogen-bond acceptors (Lipinski definition) is 4. The van der Waals surface area contributed by atoms with E-state index in [9.17, 15) is 0 Å². The summed E-state index contributed by atoms with van der Waals surface area (Å²) in [5.74, 6) is 0.441. The average molecular weight is 330 g/mol. The van der Waals surface area contributed by atoms with Crippen LogP contribution in [0.25, 0.3) is 0 Å². The normalized spacial score (nSPS) is 21.9. The van der Waals surface area contributed by atoms with Gasteiger partial charge in [0.15, 0.2) is 5.96 Å². The molecular formula is C18H30N6. The highest BCUT2D eigenvalue weighted by Crippen LogP contribution is 2.24. The van der Waals surface area contributed by atoms with Crippen molar-refractivity contribution in [3.8, 4) is 0 Å². The topological polar surface area (TPSA) is 60.1 Å². The van der Waals surface area contributed by atoms with Crippen molar-refractivity contribution in [3.63, 3.8) is 0 Å². The van der Waals surface area contributed by atoms with Gasteiger partial charge in [-0.15, -0.1) is 0 Å². The van der Waals surface area contributed by atoms with Crippen LogP contribution < -0.4 is 16.0 Å². The van der Waals surface area contributed by atoms with E-state index in [1.165, 1.54) is 44.7 Å². The minimum atomic E-state index is 0.441. The van der Waals surface area contributed by atoms with Gasteiger partial charge in [-0.2, -0.15) is 0 Å². The Morgan fingerprint density at radius 3 is 2.25 bits per heavy atom. The maximum Gasteiger partial charge on any atom is 0.192 e. The van der Waals surface area contributed by atoms with E-state index < -0.39 is 0 Å². The molecule has 2 heterocycles. The van der Waals surface area contributed by atoms with Crippen molar-refractivity contribution in [2.75, 3.05) is 63.6 Å². The fourth-order valence-corrected chi connectivity index (χ4v) is 3.64. The molecule has 0 radical (unpaired) electrons. The van der Waals surface area contributed by atoms with Crippen LogP contribution >= 0.6 is 0 Å². The van der Waals surface area contributed by atoms with Crippen molar-refractivity contribution < 1.29 is 0 Å². The van der Waals surface area contributed by atoms with Crippen LogP contribution in [-0.4, -0.2) is 75.2 Å². The molecule has 24 heavy (non-hydrogen) atoms. The standard InChI is InChI=1S/C18H30N6/c1-20-18(19)21-15-3-5-16(6-4-15)23-9-7-17(8-10-23)24-13-11-22(2)12-14-24/h3-6,17H,7-14H2,1-2H3,(H3,19,20,21). The molecule has 6 heteroatoms. The molecule has 132 valence electrons. The third-order valence-corrected chi connectivity index (χ3v) is 5.26. The molecule has 0 amide bonds. The molecule has 6 nitrogen and oxygen atoms in total. The second kappa shape index (κ2) is 7.85. The number of nitrogens with one attached hydrogen (secondary N) is 1. The molecule has 3 rings (SSSR count). The zero-order chi connectivity index (χ0) is 16.9. The fourth-order valence-electron chi connectivity index (χ4n) is 3.64. The first-order valence-corrected chi connectivity index (χ1v) is 8.92. The predicted octanol–water partition coefficient (Wildman–Crippen LogP) is 1.26. The minimum Gasteiger partial charge on any atom is -0.371 e. The number of nitrogens with two attached hydrogens (primary N) is 1. The number of hydrogen-bond donors (Lipinski definition) is 2. The SMILES string of the molecule is C/N=C(\N)Nc1ccc(N2CCC(N3CCN(C)CC3)CC2)cc1. The zero-order valence-corrected chi connectivity index (χ0v) is 14.9. The van der Waals surface area contributed by atoms with Gasteiger partial charge < -0.3 is 20.9 Å². The van der Waals surface area contributed by atoms with Crippen molar-refractivity contribution in [2.24, 2.45) is 10.7 Å². The van der Waals surface area contributed by atoms with E-state index >= 15 is 0 Å². The molecule has 0 atom stereocenters. The number of aliphatic imine (C=N–C) groups is 1. The molecule has 2 aliphatic heterocycles. The molecule has 2 saturated heterocycles. The van der Waals surface area contributed by atoms with Gasteiger partial charge in [0.05, 0.1) is 0 Å². The van der Waals surface area contributed by atoms with Crippen LogP contribution in [0.3, 0.4) is 0 Å². The summed E-state index contributed by atoms with van der Waals surface area (Å²) in [6.45, 7) is 7.15. The van der Waals surface area contributed by atoms with Crippen molar-refractivity contribution in [2.45, 2.75) is 18.9 Å². The third kappa shape index (κ3) is 4.19. The largest absolute Gasteiger partial charge is 0.371 e. The number of guanidine groups is 1. The van der Waals surface area contributed by atoms with E-state index in [1.807, 2.05) is 0 Å². The molecule has 1 aromatic rings. The van der Waals surface area contributed by atoms with E-state index in [0.29, 0.717) is 5.96 Å². The highest BCUT2D eigenvalue weighted by Gasteiger charge is 2.26. The van der Waals surface area contributed by atoms with Crippen LogP contribution in [0, 0.1) is 0 Å². The number of nitrogens with zero attached hydrogens (tertiary/aromatic N) is 4. The van der Waals surface area contributed by atoms with Crippen LogP contribution in [0.5, 0.6) is 0 Å². The summed E-state index contributed by atoms with van der Waals surface area (Å²) in [6.07, 6.45) is 2.53. The van der Waals surface area contributed by atoms with Gasteiger partial charge in [0.25, 0.3) is 0 Å². The lowest BCUT2D eigenvalue weighted by molar-refractivity contribution is 0.0982. The van der Waals surface area contributed by atoms with Gasteiger partial charge in [-0.3, -0.25) is 9.89 Å². The Labute approximate surface area is 145 Å². The maximum atomic E-state index is 5.70. The molecule has 0 aromatic heterocycles. The number of likely N-dealkylation sites (N-methyl/N-ethyl adjacent to an activating group) is 1. The van der Waals surface area contributed by atoms with Gasteiger partial charge in [0, 0.05) is 63.7 Å². The van der Waals surface area contributed by atoms with Crippen molar-refractivity contribution in [1.29, 1.82) is 0 Å². The van der Waals surface area contributed by atoms with Crippen LogP contribution in [0.15, 0.2) is 29.3 Å². The lowest BCUT2D eigenvalue weighted by Gasteiger charge is -2.42. The van der Waals surface area contributed by atoms with E-state index in [0.717, 1.165) is 24.8 Å². The summed E-state index contributed by atoms with van der Waals surface area (Å²) in [6, 6.07) is 9.24. The second-order valence-corrected chi connectivity index (χ2v) is 6.84. The van der Waals surface area contributed by atoms with Crippen molar-refractivity contribution >= 4 is 17.3 Å². The van der Waals surface area contributed by atoms with Gasteiger partial charge in [0.2, 0.25) is 0 Å². The summed E-state index contributed by atoms with van der Waals surface area (Å²) >= 11 is 0. The number of benzene rings is 1. The molecule has 0 spiro atoms. The van der Waals surface area contributed by atoms with Crippen LogP contribution in [0.1, 0.15) is 12.8 Å². The minimum absolute atomic E-state index is 0.441. The van der Waals surface area contributed by atoms with Crippen LogP contribution in [0.2, 0.25) is 0 Å². The molecule has 1 aromatic carbocycles. The maximum absolute atomic E-state index is 5.70. The van der Waals surface area contributed by atoms with Gasteiger partial charge in [-0.1, -0.05) is 0 Å². The van der Waals surface area contributed by atoms with E-state index in [-0.39, 0.29) is 0 Å². The summed E-state index contributed by atoms with van der Waals surface area (Å²) in [5, 5.41) is 3.07. The van der Waals surface area contributed by atoms with Crippen molar-refractivity contribution in [3.05, 3.63) is 24.3 Å². The number of piperazine rings is 1. The third-order valence-electron chi connectivity index (χ3n) is 5.26. The molecule has 3 N–H and O–H groups in total. The predicted molar refractivity (Wildman–Crippen MR) is 102 cm³/mol. The summed E-state index contributed by atoms with van der Waals surface area (Å²) < 4.78 is 0. The average Bonchev–Trinajstić information content (AvgIpc) is 2.63. The highest BCUT2D eigenvalue weighted by molar-refractivity contribution is 5.92. The molecule has 0 aliphatic carbocycles. The molecule has 0 saturated carbocycles. The van der Waals surface area contributed by atoms with E-state index in [4.69, 9.17) is 5.73 Å². The van der Waals surface area contributed by atoms with Gasteiger partial charge in [-0.05, 0) is 44.2 Å². The van der Waals surface area contributed by atoms with Gasteiger partial charge in [-0.25, -0.2) is 0 Å². The van der Waals surface area contributed by atoms with E-state index in [1.54, 1.807) is 7.05 Å². The quantitative estimate of drug-likeness (QED) is 0.645. The smallest absolute Gasteiger partial charge is 0.192 e. The number of anilines is 2. The van der Waals surface area contributed by atoms with Crippen LogP contribution in [0.4, 0.5) is 11.4 Å². The van der Waals surface area contributed by atoms with Gasteiger partial charge in [0.1, 0.15) is 0 Å². The zero-order valence-electron chi connectivity index (χ0n) is 14.9. The summed E-state index contributed by atoms with van der Waals surface area (Å²) in [5.41, 5.74) is 7.98. The molecular weight excluding hydrogens is 300 g/mol. The Hall–Kier alpha value is -1.79. The summed E-state index contributed by atoms with van der Waals surface area (Å²) in [4.78, 5) is 11.5. The molecule has 2 fully saturated rings. The molecule has 2 aliphatic rings.